The quantitative estimate of drug-likeness (QED) is 0.474. The van der Waals surface area contributed by atoms with Gasteiger partial charge in [0.1, 0.15) is 0 Å². The van der Waals surface area contributed by atoms with Crippen LogP contribution in [0.25, 0.3) is 0 Å². The molecule has 0 aliphatic rings. The third-order valence-corrected chi connectivity index (χ3v) is 1.19. The fourth-order valence-corrected chi connectivity index (χ4v) is 0.529. The molecule has 0 heterocycles. The Balaban J connectivity index is 3.86. The number of urea groups is 1. The van der Waals surface area contributed by atoms with Crippen LogP contribution in [0.15, 0.2) is 12.7 Å². The lowest BCUT2D eigenvalue weighted by Crippen LogP contribution is -2.47. The molecule has 0 aromatic rings. The lowest BCUT2D eigenvalue weighted by molar-refractivity contribution is 0.236. The molecule has 0 spiro atoms. The topological polar surface area (TPSA) is 41.1 Å². The van der Waals surface area contributed by atoms with Crippen LogP contribution in [-0.2, 0) is 0 Å². The SMILES string of the molecule is C#CC(C)(C)NC(=O)NCC=C. The van der Waals surface area contributed by atoms with Gasteiger partial charge in [-0.1, -0.05) is 12.0 Å². The van der Waals surface area contributed by atoms with Crippen LogP contribution in [0.2, 0.25) is 0 Å². The number of rotatable bonds is 3. The van der Waals surface area contributed by atoms with Crippen molar-refractivity contribution in [2.75, 3.05) is 6.54 Å². The second kappa shape index (κ2) is 4.45. The van der Waals surface area contributed by atoms with E-state index in [0.717, 1.165) is 0 Å². The number of carbonyl (C=O) groups is 1. The molecule has 0 aromatic heterocycles. The van der Waals surface area contributed by atoms with Crippen LogP contribution >= 0.6 is 0 Å². The number of terminal acetylenes is 1. The maximum atomic E-state index is 11.0. The molecule has 0 aliphatic carbocycles. The highest BCUT2D eigenvalue weighted by Crippen LogP contribution is 1.97. The highest BCUT2D eigenvalue weighted by atomic mass is 16.2. The number of hydrogen-bond acceptors (Lipinski definition) is 1. The summed E-state index contributed by atoms with van der Waals surface area (Å²) in [5.41, 5.74) is -0.606. The molecule has 0 unspecified atom stereocenters. The van der Waals surface area contributed by atoms with E-state index < -0.39 is 5.54 Å². The predicted octanol–water partition coefficient (Wildman–Crippen LogP) is 0.883. The summed E-state index contributed by atoms with van der Waals surface area (Å²) in [6.45, 7) is 7.40. The summed E-state index contributed by atoms with van der Waals surface area (Å²) in [5.74, 6) is 2.45. The summed E-state index contributed by atoms with van der Waals surface area (Å²) in [5, 5.41) is 5.17. The van der Waals surface area contributed by atoms with Gasteiger partial charge in [0.25, 0.3) is 0 Å². The van der Waals surface area contributed by atoms with Gasteiger partial charge in [0.2, 0.25) is 0 Å². The molecule has 0 aliphatic heterocycles. The van der Waals surface area contributed by atoms with Crippen molar-refractivity contribution >= 4 is 6.03 Å². The molecule has 2 amide bonds. The third kappa shape index (κ3) is 4.40. The average Bonchev–Trinajstić information content (AvgIpc) is 2.00. The molecule has 0 radical (unpaired) electrons. The van der Waals surface area contributed by atoms with Gasteiger partial charge in [-0.05, 0) is 13.8 Å². The van der Waals surface area contributed by atoms with Crippen molar-refractivity contribution in [3.8, 4) is 12.3 Å². The zero-order valence-corrected chi connectivity index (χ0v) is 7.48. The molecule has 3 nitrogen and oxygen atoms in total. The Bertz CT molecular complexity index is 213. The first kappa shape index (κ1) is 10.6. The number of nitrogens with one attached hydrogen (secondary N) is 2. The van der Waals surface area contributed by atoms with E-state index in [0.29, 0.717) is 6.54 Å². The Kier molecular flexibility index (Phi) is 3.92. The van der Waals surface area contributed by atoms with E-state index in [1.54, 1.807) is 19.9 Å². The Morgan fingerprint density at radius 1 is 1.75 bits per heavy atom. The van der Waals surface area contributed by atoms with E-state index in [1.165, 1.54) is 0 Å². The molecular weight excluding hydrogens is 152 g/mol. The van der Waals surface area contributed by atoms with Gasteiger partial charge >= 0.3 is 6.03 Å². The zero-order chi connectivity index (χ0) is 9.61. The molecule has 0 saturated heterocycles. The van der Waals surface area contributed by atoms with E-state index in [-0.39, 0.29) is 6.03 Å². The highest BCUT2D eigenvalue weighted by molar-refractivity contribution is 5.75. The third-order valence-electron chi connectivity index (χ3n) is 1.19. The smallest absolute Gasteiger partial charge is 0.316 e. The van der Waals surface area contributed by atoms with Gasteiger partial charge in [0.05, 0.1) is 5.54 Å². The van der Waals surface area contributed by atoms with Crippen LogP contribution in [0.4, 0.5) is 4.79 Å². The van der Waals surface area contributed by atoms with Crippen molar-refractivity contribution in [2.24, 2.45) is 0 Å². The van der Waals surface area contributed by atoms with E-state index in [2.05, 4.69) is 23.1 Å². The summed E-state index contributed by atoms with van der Waals surface area (Å²) in [7, 11) is 0. The van der Waals surface area contributed by atoms with Gasteiger partial charge < -0.3 is 10.6 Å². The summed E-state index contributed by atoms with van der Waals surface area (Å²) >= 11 is 0. The molecule has 0 aromatic carbocycles. The largest absolute Gasteiger partial charge is 0.335 e. The van der Waals surface area contributed by atoms with Crippen LogP contribution in [0, 0.1) is 12.3 Å². The van der Waals surface area contributed by atoms with Crippen molar-refractivity contribution in [1.29, 1.82) is 0 Å². The fourth-order valence-electron chi connectivity index (χ4n) is 0.529. The molecule has 0 atom stereocenters. The number of amides is 2. The van der Waals surface area contributed by atoms with Gasteiger partial charge in [0.15, 0.2) is 0 Å². The fraction of sp³-hybridized carbons (Fsp3) is 0.444. The monoisotopic (exact) mass is 166 g/mol. The van der Waals surface area contributed by atoms with Gasteiger partial charge in [-0.3, -0.25) is 0 Å². The molecule has 12 heavy (non-hydrogen) atoms. The van der Waals surface area contributed by atoms with Crippen molar-refractivity contribution < 1.29 is 4.79 Å². The standard InChI is InChI=1S/C9H14N2O/c1-5-7-10-8(12)11-9(3,4)6-2/h2,5H,1,7H2,3-4H3,(H2,10,11,12). The average molecular weight is 166 g/mol. The van der Waals surface area contributed by atoms with Crippen LogP contribution in [-0.4, -0.2) is 18.1 Å². The van der Waals surface area contributed by atoms with Crippen molar-refractivity contribution in [2.45, 2.75) is 19.4 Å². The summed E-state index contributed by atoms with van der Waals surface area (Å²) in [6.07, 6.45) is 6.77. The van der Waals surface area contributed by atoms with Crippen LogP contribution < -0.4 is 10.6 Å². The summed E-state index contributed by atoms with van der Waals surface area (Å²) < 4.78 is 0. The second-order valence-electron chi connectivity index (χ2n) is 2.89. The number of hydrogen-bond donors (Lipinski definition) is 2. The Labute approximate surface area is 73.2 Å². The Morgan fingerprint density at radius 2 is 2.33 bits per heavy atom. The first-order chi connectivity index (χ1) is 5.52. The lowest BCUT2D eigenvalue weighted by atomic mass is 10.1. The highest BCUT2D eigenvalue weighted by Gasteiger charge is 2.15. The minimum Gasteiger partial charge on any atom is -0.335 e. The first-order valence-corrected chi connectivity index (χ1v) is 3.66. The lowest BCUT2D eigenvalue weighted by Gasteiger charge is -2.19. The maximum Gasteiger partial charge on any atom is 0.316 e. The van der Waals surface area contributed by atoms with Crippen molar-refractivity contribution in [3.05, 3.63) is 12.7 Å². The van der Waals surface area contributed by atoms with Crippen LogP contribution in [0.3, 0.4) is 0 Å². The molecule has 0 rings (SSSR count). The molecule has 0 bridgehead atoms. The van der Waals surface area contributed by atoms with Gasteiger partial charge in [-0.2, -0.15) is 0 Å². The van der Waals surface area contributed by atoms with Gasteiger partial charge in [-0.25, -0.2) is 4.79 Å². The number of carbonyl (C=O) groups excluding carboxylic acids is 1. The minimum atomic E-state index is -0.606. The van der Waals surface area contributed by atoms with Crippen LogP contribution in [0.1, 0.15) is 13.8 Å². The Morgan fingerprint density at radius 3 is 2.75 bits per heavy atom. The molecular formula is C9H14N2O. The van der Waals surface area contributed by atoms with Gasteiger partial charge in [0, 0.05) is 6.54 Å². The summed E-state index contributed by atoms with van der Waals surface area (Å²) in [4.78, 5) is 11.0. The first-order valence-electron chi connectivity index (χ1n) is 3.66. The van der Waals surface area contributed by atoms with Gasteiger partial charge in [-0.15, -0.1) is 13.0 Å². The Hall–Kier alpha value is -1.43. The van der Waals surface area contributed by atoms with E-state index in [4.69, 9.17) is 6.42 Å². The molecule has 2 N–H and O–H groups in total. The normalized spacial score (nSPS) is 9.75. The molecule has 3 heteroatoms. The molecule has 0 saturated carbocycles. The molecule has 0 fully saturated rings. The summed E-state index contributed by atoms with van der Waals surface area (Å²) in [6, 6.07) is -0.280. The van der Waals surface area contributed by atoms with Crippen molar-refractivity contribution in [1.82, 2.24) is 10.6 Å². The van der Waals surface area contributed by atoms with E-state index in [9.17, 15) is 4.79 Å². The second-order valence-corrected chi connectivity index (χ2v) is 2.89. The maximum absolute atomic E-state index is 11.0. The van der Waals surface area contributed by atoms with E-state index >= 15 is 0 Å². The van der Waals surface area contributed by atoms with Crippen molar-refractivity contribution in [3.63, 3.8) is 0 Å². The zero-order valence-electron chi connectivity index (χ0n) is 7.48. The molecule has 66 valence electrons. The van der Waals surface area contributed by atoms with Crippen LogP contribution in [0.5, 0.6) is 0 Å². The van der Waals surface area contributed by atoms with E-state index in [1.807, 2.05) is 0 Å². The predicted molar refractivity (Wildman–Crippen MR) is 49.6 cm³/mol. The minimum absolute atomic E-state index is 0.280.